The summed E-state index contributed by atoms with van der Waals surface area (Å²) in [7, 11) is 0.436. The van der Waals surface area contributed by atoms with Crippen LogP contribution in [0.25, 0.3) is 0 Å². The average molecular weight is 347 g/mol. The van der Waals surface area contributed by atoms with Crippen LogP contribution in [0.3, 0.4) is 0 Å². The number of thiophene rings is 1. The van der Waals surface area contributed by atoms with Crippen molar-refractivity contribution in [2.75, 3.05) is 31.8 Å². The minimum absolute atomic E-state index is 0.0435. The van der Waals surface area contributed by atoms with Gasteiger partial charge in [-0.05, 0) is 26.8 Å². The van der Waals surface area contributed by atoms with Gasteiger partial charge in [-0.25, -0.2) is 8.42 Å². The number of anilines is 1. The highest BCUT2D eigenvalue weighted by Gasteiger charge is 2.32. The van der Waals surface area contributed by atoms with E-state index in [9.17, 15) is 18.5 Å². The average Bonchev–Trinajstić information content (AvgIpc) is 2.86. The van der Waals surface area contributed by atoms with Crippen molar-refractivity contribution in [1.82, 2.24) is 4.90 Å². The standard InChI is InChI=1S/C13H21N3O4S2/c1-9-7-10(5-6-14(9)2)15(3)13-11(16(17)18)8-12(21-13)22(4,19)20/h8-10H,5-7H2,1-4H3/t9-,10-/m0/s1. The molecule has 0 radical (unpaired) electrons. The molecule has 0 N–H and O–H groups in total. The fraction of sp³-hybridized carbons (Fsp3) is 0.692. The lowest BCUT2D eigenvalue weighted by Crippen LogP contribution is -2.46. The van der Waals surface area contributed by atoms with Gasteiger partial charge in [0.15, 0.2) is 14.8 Å². The fourth-order valence-electron chi connectivity index (χ4n) is 2.70. The Morgan fingerprint density at radius 1 is 1.50 bits per heavy atom. The predicted molar refractivity (Wildman–Crippen MR) is 87.6 cm³/mol. The number of hydrogen-bond acceptors (Lipinski definition) is 7. The number of hydrogen-bond donors (Lipinski definition) is 0. The summed E-state index contributed by atoms with van der Waals surface area (Å²) in [6, 6.07) is 1.75. The Labute approximate surface area is 134 Å². The molecule has 1 aromatic rings. The van der Waals surface area contributed by atoms with Gasteiger partial charge in [0.05, 0.1) is 4.92 Å². The molecule has 1 saturated heterocycles. The Bertz CT molecular complexity index is 671. The minimum atomic E-state index is -3.44. The molecule has 22 heavy (non-hydrogen) atoms. The maximum Gasteiger partial charge on any atom is 0.305 e. The van der Waals surface area contributed by atoms with Crippen molar-refractivity contribution in [2.24, 2.45) is 0 Å². The van der Waals surface area contributed by atoms with Crippen LogP contribution in [0.2, 0.25) is 0 Å². The van der Waals surface area contributed by atoms with Gasteiger partial charge in [-0.1, -0.05) is 11.3 Å². The van der Waals surface area contributed by atoms with E-state index in [0.29, 0.717) is 11.0 Å². The molecule has 1 aliphatic heterocycles. The van der Waals surface area contributed by atoms with Gasteiger partial charge in [0.2, 0.25) is 0 Å². The quantitative estimate of drug-likeness (QED) is 0.612. The van der Waals surface area contributed by atoms with Crippen LogP contribution < -0.4 is 4.90 Å². The molecule has 9 heteroatoms. The Hall–Kier alpha value is -1.19. The largest absolute Gasteiger partial charge is 0.358 e. The number of nitrogens with zero attached hydrogens (tertiary/aromatic N) is 3. The minimum Gasteiger partial charge on any atom is -0.358 e. The number of piperidine rings is 1. The highest BCUT2D eigenvalue weighted by molar-refractivity contribution is 7.92. The summed E-state index contributed by atoms with van der Waals surface area (Å²) in [5.74, 6) is 0. The van der Waals surface area contributed by atoms with Crippen molar-refractivity contribution in [3.63, 3.8) is 0 Å². The first-order chi connectivity index (χ1) is 10.1. The highest BCUT2D eigenvalue weighted by Crippen LogP contribution is 2.41. The zero-order chi connectivity index (χ0) is 16.7. The molecule has 1 fully saturated rings. The Balaban J connectivity index is 2.34. The van der Waals surface area contributed by atoms with Crippen LogP contribution in [-0.2, 0) is 9.84 Å². The van der Waals surface area contributed by atoms with Gasteiger partial charge in [-0.2, -0.15) is 0 Å². The molecular formula is C13H21N3O4S2. The van der Waals surface area contributed by atoms with E-state index in [1.165, 1.54) is 6.07 Å². The monoisotopic (exact) mass is 347 g/mol. The Morgan fingerprint density at radius 3 is 2.64 bits per heavy atom. The molecule has 2 atom stereocenters. The first-order valence-corrected chi connectivity index (χ1v) is 9.73. The van der Waals surface area contributed by atoms with Crippen LogP contribution in [-0.4, -0.2) is 57.2 Å². The highest BCUT2D eigenvalue weighted by atomic mass is 32.2. The second-order valence-corrected chi connectivity index (χ2v) is 9.18. The maximum atomic E-state index is 11.7. The molecule has 2 rings (SSSR count). The molecule has 0 amide bonds. The first-order valence-electron chi connectivity index (χ1n) is 7.02. The summed E-state index contributed by atoms with van der Waals surface area (Å²) in [6.45, 7) is 3.05. The number of nitro groups is 1. The molecule has 124 valence electrons. The molecule has 1 aliphatic rings. The van der Waals surface area contributed by atoms with E-state index in [-0.39, 0.29) is 15.9 Å². The summed E-state index contributed by atoms with van der Waals surface area (Å²) in [5, 5.41) is 11.7. The van der Waals surface area contributed by atoms with Crippen LogP contribution in [0, 0.1) is 10.1 Å². The molecule has 0 bridgehead atoms. The van der Waals surface area contributed by atoms with Gasteiger partial charge < -0.3 is 9.80 Å². The number of rotatable bonds is 4. The zero-order valence-corrected chi connectivity index (χ0v) is 14.8. The van der Waals surface area contributed by atoms with E-state index < -0.39 is 14.8 Å². The van der Waals surface area contributed by atoms with Crippen LogP contribution in [0.1, 0.15) is 19.8 Å². The van der Waals surface area contributed by atoms with Crippen LogP contribution >= 0.6 is 11.3 Å². The lowest BCUT2D eigenvalue weighted by molar-refractivity contribution is -0.383. The summed E-state index contributed by atoms with van der Waals surface area (Å²) in [5.41, 5.74) is -0.125. The van der Waals surface area contributed by atoms with Crippen LogP contribution in [0.5, 0.6) is 0 Å². The van der Waals surface area contributed by atoms with Gasteiger partial charge in [0.25, 0.3) is 0 Å². The molecule has 1 aromatic heterocycles. The Morgan fingerprint density at radius 2 is 2.14 bits per heavy atom. The predicted octanol–water partition coefficient (Wildman–Crippen LogP) is 1.98. The van der Waals surface area contributed by atoms with Gasteiger partial charge in [0.1, 0.15) is 4.21 Å². The van der Waals surface area contributed by atoms with Crippen molar-refractivity contribution < 1.29 is 13.3 Å². The lowest BCUT2D eigenvalue weighted by Gasteiger charge is -2.39. The summed E-state index contributed by atoms with van der Waals surface area (Å²) >= 11 is 0.981. The first kappa shape index (κ1) is 17.2. The summed E-state index contributed by atoms with van der Waals surface area (Å²) in [4.78, 5) is 14.9. The van der Waals surface area contributed by atoms with Gasteiger partial charge >= 0.3 is 5.69 Å². The maximum absolute atomic E-state index is 11.7. The molecule has 0 aromatic carbocycles. The molecule has 0 aliphatic carbocycles. The van der Waals surface area contributed by atoms with E-state index in [4.69, 9.17) is 0 Å². The van der Waals surface area contributed by atoms with Gasteiger partial charge in [-0.3, -0.25) is 10.1 Å². The second-order valence-electron chi connectivity index (χ2n) is 5.90. The number of likely N-dealkylation sites (tertiary alicyclic amines) is 1. The molecular weight excluding hydrogens is 326 g/mol. The normalized spacial score (nSPS) is 23.5. The smallest absolute Gasteiger partial charge is 0.305 e. The van der Waals surface area contributed by atoms with E-state index in [0.717, 1.165) is 37.0 Å². The summed E-state index contributed by atoms with van der Waals surface area (Å²) < 4.78 is 23.4. The van der Waals surface area contributed by atoms with E-state index >= 15 is 0 Å². The van der Waals surface area contributed by atoms with Crippen molar-refractivity contribution in [1.29, 1.82) is 0 Å². The molecule has 0 unspecified atom stereocenters. The fourth-order valence-corrected chi connectivity index (χ4v) is 4.76. The van der Waals surface area contributed by atoms with Gasteiger partial charge in [0, 0.05) is 38.0 Å². The topological polar surface area (TPSA) is 83.8 Å². The zero-order valence-electron chi connectivity index (χ0n) is 13.1. The van der Waals surface area contributed by atoms with E-state index in [1.807, 2.05) is 11.9 Å². The van der Waals surface area contributed by atoms with Crippen LogP contribution in [0.4, 0.5) is 10.7 Å². The van der Waals surface area contributed by atoms with E-state index in [1.54, 1.807) is 0 Å². The van der Waals surface area contributed by atoms with Crippen molar-refractivity contribution >= 4 is 31.9 Å². The third kappa shape index (κ3) is 3.41. The van der Waals surface area contributed by atoms with Crippen molar-refractivity contribution in [3.8, 4) is 0 Å². The lowest BCUT2D eigenvalue weighted by atomic mass is 9.98. The van der Waals surface area contributed by atoms with Crippen LogP contribution in [0.15, 0.2) is 10.3 Å². The molecule has 7 nitrogen and oxygen atoms in total. The van der Waals surface area contributed by atoms with Crippen molar-refractivity contribution in [3.05, 3.63) is 16.2 Å². The summed E-state index contributed by atoms with van der Waals surface area (Å²) in [6.07, 6.45) is 2.88. The Kier molecular flexibility index (Phi) is 4.78. The van der Waals surface area contributed by atoms with E-state index in [2.05, 4.69) is 18.9 Å². The molecule has 0 spiro atoms. The van der Waals surface area contributed by atoms with Crippen molar-refractivity contribution in [2.45, 2.75) is 36.1 Å². The number of sulfone groups is 1. The SMILES string of the molecule is C[C@H]1C[C@@H](N(C)c2sc(S(C)(=O)=O)cc2[N+](=O)[O-])CCN1C. The molecule has 2 heterocycles. The third-order valence-corrected chi connectivity index (χ3v) is 7.30. The third-order valence-electron chi connectivity index (χ3n) is 4.28. The molecule has 0 saturated carbocycles. The van der Waals surface area contributed by atoms with Gasteiger partial charge in [-0.15, -0.1) is 0 Å². The second kappa shape index (κ2) is 6.13.